The zero-order valence-electron chi connectivity index (χ0n) is 13.2. The molecular formula is C17H14ClF3N2O2. The number of para-hydroxylation sites is 1. The smallest absolute Gasteiger partial charge is 0.422 e. The number of nitrogens with zero attached hydrogens (tertiary/aromatic N) is 1. The first kappa shape index (κ1) is 18.7. The van der Waals surface area contributed by atoms with E-state index in [1.807, 2.05) is 6.07 Å². The van der Waals surface area contributed by atoms with E-state index in [1.54, 1.807) is 30.3 Å². The largest absolute Gasteiger partial charge is 0.493 e. The lowest BCUT2D eigenvalue weighted by Gasteiger charge is -2.14. The molecule has 0 aliphatic heterocycles. The molecular weight excluding hydrogens is 357 g/mol. The van der Waals surface area contributed by atoms with Crippen LogP contribution in [-0.2, 0) is 6.54 Å². The van der Waals surface area contributed by atoms with Gasteiger partial charge in [-0.05, 0) is 29.8 Å². The Bertz CT molecular complexity index is 788. The van der Waals surface area contributed by atoms with E-state index in [0.29, 0.717) is 22.8 Å². The highest BCUT2D eigenvalue weighted by Gasteiger charge is 2.29. The number of hydrogen-bond donors (Lipinski definition) is 1. The Hall–Kier alpha value is -2.59. The number of halogens is 4. The average molecular weight is 371 g/mol. The number of ether oxygens (including phenoxy) is 2. The molecule has 25 heavy (non-hydrogen) atoms. The molecule has 8 heteroatoms. The van der Waals surface area contributed by atoms with Gasteiger partial charge in [0.1, 0.15) is 6.07 Å². The van der Waals surface area contributed by atoms with Crippen LogP contribution in [-0.4, -0.2) is 19.9 Å². The number of nitriles is 1. The van der Waals surface area contributed by atoms with E-state index in [0.717, 1.165) is 5.56 Å². The van der Waals surface area contributed by atoms with E-state index < -0.39 is 12.8 Å². The maximum atomic E-state index is 12.3. The zero-order chi connectivity index (χ0) is 18.4. The molecule has 0 radical (unpaired) electrons. The van der Waals surface area contributed by atoms with Crippen LogP contribution in [0.5, 0.6) is 11.5 Å². The number of nitrogens with one attached hydrogen (secondary N) is 1. The van der Waals surface area contributed by atoms with Gasteiger partial charge in [0.2, 0.25) is 0 Å². The van der Waals surface area contributed by atoms with Gasteiger partial charge in [-0.3, -0.25) is 0 Å². The van der Waals surface area contributed by atoms with Crippen molar-refractivity contribution in [2.45, 2.75) is 12.7 Å². The molecule has 0 unspecified atom stereocenters. The Labute approximate surface area is 147 Å². The SMILES string of the molecule is COc1cc(CNc2c(Cl)cccc2C#N)ccc1OCC(F)(F)F. The summed E-state index contributed by atoms with van der Waals surface area (Å²) >= 11 is 6.08. The van der Waals surface area contributed by atoms with Gasteiger partial charge < -0.3 is 14.8 Å². The lowest BCUT2D eigenvalue weighted by Crippen LogP contribution is -2.19. The van der Waals surface area contributed by atoms with Gasteiger partial charge >= 0.3 is 6.18 Å². The minimum absolute atomic E-state index is 0.000896. The van der Waals surface area contributed by atoms with Crippen molar-refractivity contribution in [3.8, 4) is 17.6 Å². The molecule has 0 heterocycles. The number of alkyl halides is 3. The van der Waals surface area contributed by atoms with Crippen molar-refractivity contribution in [1.29, 1.82) is 5.26 Å². The predicted octanol–water partition coefficient (Wildman–Crippen LogP) is 4.77. The fourth-order valence-corrected chi connectivity index (χ4v) is 2.33. The lowest BCUT2D eigenvalue weighted by atomic mass is 10.1. The minimum atomic E-state index is -4.43. The van der Waals surface area contributed by atoms with E-state index in [1.165, 1.54) is 13.2 Å². The van der Waals surface area contributed by atoms with Gasteiger partial charge in [0, 0.05) is 6.54 Å². The van der Waals surface area contributed by atoms with Crippen LogP contribution in [0.15, 0.2) is 36.4 Å². The van der Waals surface area contributed by atoms with E-state index in [2.05, 4.69) is 5.32 Å². The molecule has 4 nitrogen and oxygen atoms in total. The first-order valence-corrected chi connectivity index (χ1v) is 7.51. The van der Waals surface area contributed by atoms with Crippen LogP contribution in [0.3, 0.4) is 0 Å². The van der Waals surface area contributed by atoms with Crippen molar-refractivity contribution in [2.24, 2.45) is 0 Å². The molecule has 0 saturated heterocycles. The summed E-state index contributed by atoms with van der Waals surface area (Å²) in [6.07, 6.45) is -4.43. The lowest BCUT2D eigenvalue weighted by molar-refractivity contribution is -0.153. The Kier molecular flexibility index (Phi) is 5.99. The van der Waals surface area contributed by atoms with Crippen LogP contribution in [0.1, 0.15) is 11.1 Å². The van der Waals surface area contributed by atoms with Crippen molar-refractivity contribution in [2.75, 3.05) is 19.0 Å². The zero-order valence-corrected chi connectivity index (χ0v) is 13.9. The number of rotatable bonds is 6. The van der Waals surface area contributed by atoms with Gasteiger partial charge in [-0.25, -0.2) is 0 Å². The van der Waals surface area contributed by atoms with Crippen molar-refractivity contribution in [3.63, 3.8) is 0 Å². The molecule has 0 bridgehead atoms. The summed E-state index contributed by atoms with van der Waals surface area (Å²) in [7, 11) is 1.34. The summed E-state index contributed by atoms with van der Waals surface area (Å²) in [6, 6.07) is 11.5. The van der Waals surface area contributed by atoms with Gasteiger partial charge in [-0.2, -0.15) is 18.4 Å². The molecule has 0 aromatic heterocycles. The van der Waals surface area contributed by atoms with Crippen LogP contribution < -0.4 is 14.8 Å². The van der Waals surface area contributed by atoms with Gasteiger partial charge in [0.05, 0.1) is 23.4 Å². The highest BCUT2D eigenvalue weighted by molar-refractivity contribution is 6.33. The van der Waals surface area contributed by atoms with Gasteiger partial charge in [0.15, 0.2) is 18.1 Å². The molecule has 1 N–H and O–H groups in total. The summed E-state index contributed by atoms with van der Waals surface area (Å²) in [4.78, 5) is 0. The summed E-state index contributed by atoms with van der Waals surface area (Å²) in [5.74, 6) is 0.183. The first-order chi connectivity index (χ1) is 11.8. The Morgan fingerprint density at radius 1 is 1.20 bits per heavy atom. The number of methoxy groups -OCH3 is 1. The van der Waals surface area contributed by atoms with E-state index >= 15 is 0 Å². The molecule has 0 saturated carbocycles. The number of hydrogen-bond acceptors (Lipinski definition) is 4. The molecule has 0 aliphatic carbocycles. The first-order valence-electron chi connectivity index (χ1n) is 7.13. The molecule has 0 fully saturated rings. The molecule has 2 aromatic rings. The fraction of sp³-hybridized carbons (Fsp3) is 0.235. The highest BCUT2D eigenvalue weighted by Crippen LogP contribution is 2.31. The molecule has 2 rings (SSSR count). The predicted molar refractivity (Wildman–Crippen MR) is 88.0 cm³/mol. The topological polar surface area (TPSA) is 54.3 Å². The molecule has 0 aliphatic rings. The van der Waals surface area contributed by atoms with Crippen molar-refractivity contribution >= 4 is 17.3 Å². The van der Waals surface area contributed by atoms with Gasteiger partial charge in [-0.15, -0.1) is 0 Å². The number of benzene rings is 2. The average Bonchev–Trinajstić information content (AvgIpc) is 2.58. The third-order valence-electron chi connectivity index (χ3n) is 3.22. The highest BCUT2D eigenvalue weighted by atomic mass is 35.5. The maximum absolute atomic E-state index is 12.3. The molecule has 132 valence electrons. The fourth-order valence-electron chi connectivity index (χ4n) is 2.09. The van der Waals surface area contributed by atoms with Crippen LogP contribution in [0.4, 0.5) is 18.9 Å². The monoisotopic (exact) mass is 370 g/mol. The third-order valence-corrected chi connectivity index (χ3v) is 3.54. The summed E-state index contributed by atoms with van der Waals surface area (Å²) < 4.78 is 46.6. The Balaban J connectivity index is 2.13. The van der Waals surface area contributed by atoms with Crippen molar-refractivity contribution < 1.29 is 22.6 Å². The molecule has 0 spiro atoms. The second-order valence-electron chi connectivity index (χ2n) is 5.02. The van der Waals surface area contributed by atoms with Crippen molar-refractivity contribution in [3.05, 3.63) is 52.5 Å². The van der Waals surface area contributed by atoms with Gasteiger partial charge in [0.25, 0.3) is 0 Å². The molecule has 2 aromatic carbocycles. The normalized spacial score (nSPS) is 10.9. The van der Waals surface area contributed by atoms with Crippen LogP contribution in [0.25, 0.3) is 0 Å². The quantitative estimate of drug-likeness (QED) is 0.795. The minimum Gasteiger partial charge on any atom is -0.493 e. The molecule has 0 atom stereocenters. The van der Waals surface area contributed by atoms with Crippen LogP contribution in [0, 0.1) is 11.3 Å². The Morgan fingerprint density at radius 3 is 2.60 bits per heavy atom. The van der Waals surface area contributed by atoms with Crippen molar-refractivity contribution in [1.82, 2.24) is 0 Å². The third kappa shape index (κ3) is 5.19. The van der Waals surface area contributed by atoms with E-state index in [-0.39, 0.29) is 11.5 Å². The second-order valence-corrected chi connectivity index (χ2v) is 5.42. The summed E-state index contributed by atoms with van der Waals surface area (Å²) in [5.41, 5.74) is 1.60. The summed E-state index contributed by atoms with van der Waals surface area (Å²) in [5, 5.41) is 12.6. The van der Waals surface area contributed by atoms with Crippen LogP contribution in [0.2, 0.25) is 5.02 Å². The standard InChI is InChI=1S/C17H14ClF3N2O2/c1-24-15-7-11(5-6-14(15)25-10-17(19,20)21)9-23-16-12(8-22)3-2-4-13(16)18/h2-7,23H,9-10H2,1H3. The number of anilines is 1. The second kappa shape index (κ2) is 7.99. The summed E-state index contributed by atoms with van der Waals surface area (Å²) in [6.45, 7) is -1.10. The van der Waals surface area contributed by atoms with Crippen LogP contribution >= 0.6 is 11.6 Å². The van der Waals surface area contributed by atoms with E-state index in [9.17, 15) is 13.2 Å². The van der Waals surface area contributed by atoms with Gasteiger partial charge in [-0.1, -0.05) is 23.7 Å². The maximum Gasteiger partial charge on any atom is 0.422 e. The Morgan fingerprint density at radius 2 is 1.96 bits per heavy atom. The molecule has 0 amide bonds. The van der Waals surface area contributed by atoms with E-state index in [4.69, 9.17) is 26.3 Å².